The fourth-order valence-corrected chi connectivity index (χ4v) is 4.11. The molecule has 2 heteroatoms. The van der Waals surface area contributed by atoms with Gasteiger partial charge in [0.1, 0.15) is 0 Å². The number of aromatic nitrogens is 1. The Morgan fingerprint density at radius 1 is 0.739 bits per heavy atom. The summed E-state index contributed by atoms with van der Waals surface area (Å²) in [6, 6.07) is 21.6. The van der Waals surface area contributed by atoms with Crippen molar-refractivity contribution in [1.29, 1.82) is 0 Å². The van der Waals surface area contributed by atoms with Crippen molar-refractivity contribution in [3.8, 4) is 0 Å². The molecule has 4 aromatic rings. The van der Waals surface area contributed by atoms with Crippen molar-refractivity contribution < 1.29 is 0 Å². The van der Waals surface area contributed by atoms with Crippen molar-refractivity contribution in [2.75, 3.05) is 5.32 Å². The van der Waals surface area contributed by atoms with E-state index in [1.807, 2.05) is 0 Å². The molecular weight excluding hydrogens is 280 g/mol. The van der Waals surface area contributed by atoms with Gasteiger partial charge in [-0.1, -0.05) is 50.2 Å². The van der Waals surface area contributed by atoms with Crippen molar-refractivity contribution in [2.45, 2.75) is 19.3 Å². The number of benzene rings is 3. The van der Waals surface area contributed by atoms with Gasteiger partial charge in [0.2, 0.25) is 0 Å². The van der Waals surface area contributed by atoms with E-state index in [-0.39, 0.29) is 5.41 Å². The summed E-state index contributed by atoms with van der Waals surface area (Å²) in [5.41, 5.74) is 7.53. The number of H-pyrrole nitrogens is 1. The molecule has 0 saturated carbocycles. The average Bonchev–Trinajstić information content (AvgIpc) is 2.93. The number of para-hydroxylation sites is 2. The van der Waals surface area contributed by atoms with Gasteiger partial charge in [0.05, 0.1) is 0 Å². The third-order valence-corrected chi connectivity index (χ3v) is 5.17. The molecule has 0 unspecified atom stereocenters. The summed E-state index contributed by atoms with van der Waals surface area (Å²) in [5.74, 6) is 0. The fraction of sp³-hybridized carbons (Fsp3) is 0.143. The van der Waals surface area contributed by atoms with Crippen LogP contribution in [0.2, 0.25) is 0 Å². The highest BCUT2D eigenvalue weighted by Gasteiger charge is 2.34. The summed E-state index contributed by atoms with van der Waals surface area (Å²) >= 11 is 0. The lowest BCUT2D eigenvalue weighted by Gasteiger charge is -2.36. The third kappa shape index (κ3) is 1.58. The normalized spacial score (nSPS) is 15.2. The van der Waals surface area contributed by atoms with E-state index < -0.39 is 0 Å². The molecule has 0 bridgehead atoms. The molecule has 0 radical (unpaired) electrons. The first-order valence-electron chi connectivity index (χ1n) is 8.07. The molecule has 0 amide bonds. The Labute approximate surface area is 135 Å². The van der Waals surface area contributed by atoms with E-state index in [4.69, 9.17) is 0 Å². The van der Waals surface area contributed by atoms with Gasteiger partial charge in [-0.3, -0.25) is 0 Å². The predicted molar refractivity (Wildman–Crippen MR) is 97.7 cm³/mol. The molecule has 1 aromatic heterocycles. The second-order valence-corrected chi connectivity index (χ2v) is 6.88. The highest BCUT2D eigenvalue weighted by molar-refractivity contribution is 6.12. The standard InChI is InChI=1S/C21H18N2/c1-21(2)14-8-4-6-10-16(14)23-18-12-11-17-19(20(18)21)13-7-3-5-9-15(13)22-17/h3-12,22-23H,1-2H3. The maximum atomic E-state index is 3.63. The van der Waals surface area contributed by atoms with Crippen molar-refractivity contribution >= 4 is 33.2 Å². The van der Waals surface area contributed by atoms with Crippen LogP contribution in [0, 0.1) is 0 Å². The molecule has 1 aliphatic heterocycles. The van der Waals surface area contributed by atoms with E-state index in [2.05, 4.69) is 84.8 Å². The van der Waals surface area contributed by atoms with Crippen LogP contribution in [0.25, 0.3) is 21.8 Å². The van der Waals surface area contributed by atoms with Crippen LogP contribution in [0.4, 0.5) is 11.4 Å². The molecule has 112 valence electrons. The van der Waals surface area contributed by atoms with Crippen LogP contribution in [0.5, 0.6) is 0 Å². The minimum atomic E-state index is -0.0400. The number of hydrogen-bond acceptors (Lipinski definition) is 1. The molecule has 3 aromatic carbocycles. The molecule has 2 heterocycles. The molecule has 5 rings (SSSR count). The van der Waals surface area contributed by atoms with Gasteiger partial charge in [0, 0.05) is 38.6 Å². The summed E-state index contributed by atoms with van der Waals surface area (Å²) in [7, 11) is 0. The van der Waals surface area contributed by atoms with Gasteiger partial charge in [-0.25, -0.2) is 0 Å². The Kier molecular flexibility index (Phi) is 2.31. The summed E-state index contributed by atoms with van der Waals surface area (Å²) < 4.78 is 0. The van der Waals surface area contributed by atoms with E-state index in [1.165, 1.54) is 44.3 Å². The van der Waals surface area contributed by atoms with Crippen LogP contribution in [-0.4, -0.2) is 4.98 Å². The molecule has 0 aliphatic carbocycles. The number of nitrogens with one attached hydrogen (secondary N) is 2. The minimum absolute atomic E-state index is 0.0400. The predicted octanol–water partition coefficient (Wildman–Crippen LogP) is 5.70. The molecular formula is C21H18N2. The lowest BCUT2D eigenvalue weighted by molar-refractivity contribution is 0.644. The average molecular weight is 298 g/mol. The first-order valence-corrected chi connectivity index (χ1v) is 8.07. The molecule has 23 heavy (non-hydrogen) atoms. The topological polar surface area (TPSA) is 27.8 Å². The zero-order chi connectivity index (χ0) is 15.6. The Bertz CT molecular complexity index is 1070. The summed E-state index contributed by atoms with van der Waals surface area (Å²) in [6.45, 7) is 4.65. The van der Waals surface area contributed by atoms with Crippen LogP contribution in [0.1, 0.15) is 25.0 Å². The van der Waals surface area contributed by atoms with Gasteiger partial charge in [-0.15, -0.1) is 0 Å². The number of aromatic amines is 1. The van der Waals surface area contributed by atoms with Crippen LogP contribution in [-0.2, 0) is 5.41 Å². The Hall–Kier alpha value is -2.74. The second kappa shape index (κ2) is 4.17. The quantitative estimate of drug-likeness (QED) is 0.428. The molecule has 1 aliphatic rings. The molecule has 2 N–H and O–H groups in total. The second-order valence-electron chi connectivity index (χ2n) is 6.88. The summed E-state index contributed by atoms with van der Waals surface area (Å²) in [4.78, 5) is 3.56. The van der Waals surface area contributed by atoms with Crippen molar-refractivity contribution in [2.24, 2.45) is 0 Å². The highest BCUT2D eigenvalue weighted by Crippen LogP contribution is 2.49. The van der Waals surface area contributed by atoms with Gasteiger partial charge >= 0.3 is 0 Å². The van der Waals surface area contributed by atoms with Gasteiger partial charge in [0.15, 0.2) is 0 Å². The number of anilines is 2. The maximum absolute atomic E-state index is 3.63. The van der Waals surface area contributed by atoms with Crippen molar-refractivity contribution in [3.05, 3.63) is 71.8 Å². The Morgan fingerprint density at radius 2 is 1.52 bits per heavy atom. The van der Waals surface area contributed by atoms with Crippen LogP contribution < -0.4 is 5.32 Å². The van der Waals surface area contributed by atoms with E-state index in [0.717, 1.165) is 0 Å². The summed E-state index contributed by atoms with van der Waals surface area (Å²) in [6.07, 6.45) is 0. The Morgan fingerprint density at radius 3 is 2.43 bits per heavy atom. The molecule has 0 fully saturated rings. The van der Waals surface area contributed by atoms with E-state index in [1.54, 1.807) is 0 Å². The zero-order valence-electron chi connectivity index (χ0n) is 13.3. The van der Waals surface area contributed by atoms with Crippen LogP contribution in [0.3, 0.4) is 0 Å². The molecule has 0 atom stereocenters. The minimum Gasteiger partial charge on any atom is -0.355 e. The van der Waals surface area contributed by atoms with Gasteiger partial charge in [-0.2, -0.15) is 0 Å². The first-order chi connectivity index (χ1) is 11.2. The lowest BCUT2D eigenvalue weighted by atomic mass is 9.73. The molecule has 2 nitrogen and oxygen atoms in total. The maximum Gasteiger partial charge on any atom is 0.0469 e. The first kappa shape index (κ1) is 12.8. The van der Waals surface area contributed by atoms with Crippen molar-refractivity contribution in [3.63, 3.8) is 0 Å². The smallest absolute Gasteiger partial charge is 0.0469 e. The SMILES string of the molecule is CC1(C)c2ccccc2Nc2ccc3[nH]c4ccccc4c3c21. The van der Waals surface area contributed by atoms with Gasteiger partial charge < -0.3 is 10.3 Å². The molecule has 0 saturated heterocycles. The van der Waals surface area contributed by atoms with E-state index >= 15 is 0 Å². The van der Waals surface area contributed by atoms with Crippen LogP contribution in [0.15, 0.2) is 60.7 Å². The Balaban J connectivity index is 1.95. The van der Waals surface area contributed by atoms with Crippen molar-refractivity contribution in [1.82, 2.24) is 4.98 Å². The number of fused-ring (bicyclic) bond motifs is 6. The summed E-state index contributed by atoms with van der Waals surface area (Å²) in [5, 5.41) is 6.27. The lowest BCUT2D eigenvalue weighted by Crippen LogP contribution is -2.26. The van der Waals surface area contributed by atoms with Gasteiger partial charge in [0.25, 0.3) is 0 Å². The zero-order valence-corrected chi connectivity index (χ0v) is 13.3. The van der Waals surface area contributed by atoms with Crippen LogP contribution >= 0.6 is 0 Å². The molecule has 0 spiro atoms. The van der Waals surface area contributed by atoms with E-state index in [9.17, 15) is 0 Å². The largest absolute Gasteiger partial charge is 0.355 e. The number of hydrogen-bond donors (Lipinski definition) is 2. The third-order valence-electron chi connectivity index (χ3n) is 5.17. The fourth-order valence-electron chi connectivity index (χ4n) is 4.11. The number of rotatable bonds is 0. The monoisotopic (exact) mass is 298 g/mol. The van der Waals surface area contributed by atoms with Gasteiger partial charge in [-0.05, 0) is 35.4 Å². The van der Waals surface area contributed by atoms with E-state index in [0.29, 0.717) is 0 Å². The highest BCUT2D eigenvalue weighted by atomic mass is 14.9.